The van der Waals surface area contributed by atoms with Crippen LogP contribution in [0.2, 0.25) is 0 Å². The maximum atomic E-state index is 9.03. The minimum Gasteiger partial charge on any atom is -0.497 e. The lowest BCUT2D eigenvalue weighted by atomic mass is 9.99. The Morgan fingerprint density at radius 1 is 1.24 bits per heavy atom. The molecule has 17 heavy (non-hydrogen) atoms. The van der Waals surface area contributed by atoms with Gasteiger partial charge in [0.2, 0.25) is 0 Å². The number of hydrogen-bond donors (Lipinski definition) is 2. The average molecular weight is 232 g/mol. The first-order valence-electron chi connectivity index (χ1n) is 5.46. The van der Waals surface area contributed by atoms with Crippen molar-refractivity contribution in [2.24, 2.45) is 0 Å². The molecule has 0 unspecified atom stereocenters. The van der Waals surface area contributed by atoms with Gasteiger partial charge in [-0.25, -0.2) is 0 Å². The smallest absolute Gasteiger partial charge is 0.119 e. The largest absolute Gasteiger partial charge is 0.497 e. The second-order valence-electron chi connectivity index (χ2n) is 4.07. The van der Waals surface area contributed by atoms with Crippen molar-refractivity contribution in [3.05, 3.63) is 35.0 Å². The van der Waals surface area contributed by atoms with Crippen LogP contribution in [0.4, 0.5) is 0 Å². The zero-order chi connectivity index (χ0) is 12.4. The van der Waals surface area contributed by atoms with Crippen LogP contribution in [0.15, 0.2) is 18.2 Å². The van der Waals surface area contributed by atoms with Crippen LogP contribution in [-0.4, -0.2) is 22.4 Å². The predicted octanol–water partition coefficient (Wildman–Crippen LogP) is 2.19. The molecule has 4 heteroatoms. The van der Waals surface area contributed by atoms with Gasteiger partial charge in [-0.1, -0.05) is 0 Å². The fourth-order valence-corrected chi connectivity index (χ4v) is 2.02. The van der Waals surface area contributed by atoms with Crippen LogP contribution < -0.4 is 4.74 Å². The molecule has 0 aliphatic rings. The molecule has 0 spiro atoms. The van der Waals surface area contributed by atoms with Crippen LogP contribution in [0, 0.1) is 13.8 Å². The van der Waals surface area contributed by atoms with E-state index in [1.807, 2.05) is 32.0 Å². The van der Waals surface area contributed by atoms with Crippen molar-refractivity contribution in [2.75, 3.05) is 7.11 Å². The summed E-state index contributed by atoms with van der Waals surface area (Å²) >= 11 is 0. The van der Waals surface area contributed by atoms with Crippen LogP contribution in [0.5, 0.6) is 5.75 Å². The van der Waals surface area contributed by atoms with Crippen LogP contribution >= 0.6 is 0 Å². The van der Waals surface area contributed by atoms with Crippen LogP contribution in [0.1, 0.15) is 16.8 Å². The first-order valence-corrected chi connectivity index (χ1v) is 5.46. The maximum absolute atomic E-state index is 9.03. The molecule has 0 radical (unpaired) electrons. The zero-order valence-electron chi connectivity index (χ0n) is 10.2. The van der Waals surface area contributed by atoms with Crippen LogP contribution in [-0.2, 0) is 6.61 Å². The van der Waals surface area contributed by atoms with E-state index >= 15 is 0 Å². The molecular formula is C13H16N2O2. The number of aromatic amines is 1. The molecule has 2 rings (SSSR count). The summed E-state index contributed by atoms with van der Waals surface area (Å²) in [7, 11) is 1.66. The number of rotatable bonds is 3. The van der Waals surface area contributed by atoms with Gasteiger partial charge in [0, 0.05) is 5.56 Å². The molecule has 0 amide bonds. The number of aromatic nitrogens is 2. The van der Waals surface area contributed by atoms with Gasteiger partial charge in [-0.2, -0.15) is 5.10 Å². The summed E-state index contributed by atoms with van der Waals surface area (Å²) < 4.78 is 5.22. The van der Waals surface area contributed by atoms with Crippen LogP contribution in [0.3, 0.4) is 0 Å². The third-order valence-corrected chi connectivity index (χ3v) is 2.80. The maximum Gasteiger partial charge on any atom is 0.119 e. The number of nitrogens with zero attached hydrogens (tertiary/aromatic N) is 1. The molecule has 0 aliphatic carbocycles. The quantitative estimate of drug-likeness (QED) is 0.852. The van der Waals surface area contributed by atoms with Crippen molar-refractivity contribution in [3.63, 3.8) is 0 Å². The van der Waals surface area contributed by atoms with E-state index in [-0.39, 0.29) is 6.61 Å². The van der Waals surface area contributed by atoms with Crippen molar-refractivity contribution in [1.82, 2.24) is 10.2 Å². The van der Waals surface area contributed by atoms with Gasteiger partial charge in [0.25, 0.3) is 0 Å². The summed E-state index contributed by atoms with van der Waals surface area (Å²) in [6.07, 6.45) is 0. The summed E-state index contributed by atoms with van der Waals surface area (Å²) in [5.41, 5.74) is 4.87. The lowest BCUT2D eigenvalue weighted by Crippen LogP contribution is -1.91. The summed E-state index contributed by atoms with van der Waals surface area (Å²) in [5, 5.41) is 16.0. The van der Waals surface area contributed by atoms with Crippen molar-refractivity contribution in [3.8, 4) is 17.0 Å². The topological polar surface area (TPSA) is 58.1 Å². The highest BCUT2D eigenvalue weighted by Crippen LogP contribution is 2.29. The number of ether oxygens (including phenoxy) is 1. The van der Waals surface area contributed by atoms with Gasteiger partial charge in [0.05, 0.1) is 25.1 Å². The fraction of sp³-hybridized carbons (Fsp3) is 0.308. The molecule has 0 saturated heterocycles. The SMILES string of the molecule is COc1cc(C)c(-c2cc(CO)[nH]n2)c(C)c1. The Balaban J connectivity index is 2.51. The molecule has 2 N–H and O–H groups in total. The van der Waals surface area contributed by atoms with Gasteiger partial charge >= 0.3 is 0 Å². The first-order chi connectivity index (χ1) is 8.15. The van der Waals surface area contributed by atoms with Gasteiger partial charge in [-0.15, -0.1) is 0 Å². The van der Waals surface area contributed by atoms with E-state index in [2.05, 4.69) is 10.2 Å². The number of aryl methyl sites for hydroxylation is 2. The van der Waals surface area contributed by atoms with E-state index in [0.29, 0.717) is 0 Å². The fourth-order valence-electron chi connectivity index (χ4n) is 2.02. The summed E-state index contributed by atoms with van der Waals surface area (Å²) in [6.45, 7) is 4.03. The standard InChI is InChI=1S/C13H16N2O2/c1-8-4-11(17-3)5-9(2)13(8)12-6-10(7-16)14-15-12/h4-6,16H,7H2,1-3H3,(H,14,15). The summed E-state index contributed by atoms with van der Waals surface area (Å²) in [6, 6.07) is 5.83. The van der Waals surface area contributed by atoms with Gasteiger partial charge in [0.1, 0.15) is 5.75 Å². The second-order valence-corrected chi connectivity index (χ2v) is 4.07. The number of methoxy groups -OCH3 is 1. The predicted molar refractivity (Wildman–Crippen MR) is 66.0 cm³/mol. The third kappa shape index (κ3) is 2.17. The lowest BCUT2D eigenvalue weighted by Gasteiger charge is -2.09. The molecule has 1 aromatic heterocycles. The Hall–Kier alpha value is -1.81. The zero-order valence-corrected chi connectivity index (χ0v) is 10.2. The summed E-state index contributed by atoms with van der Waals surface area (Å²) in [4.78, 5) is 0. The van der Waals surface area contributed by atoms with Crippen molar-refractivity contribution in [2.45, 2.75) is 20.5 Å². The number of benzene rings is 1. The van der Waals surface area contributed by atoms with E-state index in [0.717, 1.165) is 33.8 Å². The molecule has 1 heterocycles. The molecule has 1 aromatic carbocycles. The number of aliphatic hydroxyl groups is 1. The van der Waals surface area contributed by atoms with Crippen molar-refractivity contribution in [1.29, 1.82) is 0 Å². The van der Waals surface area contributed by atoms with E-state index in [1.54, 1.807) is 7.11 Å². The highest BCUT2D eigenvalue weighted by Gasteiger charge is 2.11. The van der Waals surface area contributed by atoms with Crippen molar-refractivity contribution >= 4 is 0 Å². The minimum absolute atomic E-state index is 0.0265. The molecule has 0 bridgehead atoms. The molecular weight excluding hydrogens is 216 g/mol. The minimum atomic E-state index is -0.0265. The number of nitrogens with one attached hydrogen (secondary N) is 1. The Kier molecular flexibility index (Phi) is 3.15. The highest BCUT2D eigenvalue weighted by molar-refractivity contribution is 5.69. The van der Waals surface area contributed by atoms with E-state index in [1.165, 1.54) is 0 Å². The number of aliphatic hydroxyl groups excluding tert-OH is 1. The highest BCUT2D eigenvalue weighted by atomic mass is 16.5. The third-order valence-electron chi connectivity index (χ3n) is 2.80. The van der Waals surface area contributed by atoms with Crippen LogP contribution in [0.25, 0.3) is 11.3 Å². The van der Waals surface area contributed by atoms with Gasteiger partial charge in [0.15, 0.2) is 0 Å². The Labute approximate surface area is 100 Å². The van der Waals surface area contributed by atoms with Gasteiger partial charge in [-0.3, -0.25) is 5.10 Å². The van der Waals surface area contributed by atoms with Crippen molar-refractivity contribution < 1.29 is 9.84 Å². The lowest BCUT2D eigenvalue weighted by molar-refractivity contribution is 0.276. The Morgan fingerprint density at radius 3 is 2.35 bits per heavy atom. The van der Waals surface area contributed by atoms with E-state index in [4.69, 9.17) is 9.84 Å². The molecule has 0 saturated carbocycles. The Bertz CT molecular complexity index is 509. The molecule has 2 aromatic rings. The number of H-pyrrole nitrogens is 1. The monoisotopic (exact) mass is 232 g/mol. The van der Waals surface area contributed by atoms with E-state index in [9.17, 15) is 0 Å². The molecule has 0 aliphatic heterocycles. The average Bonchev–Trinajstić information content (AvgIpc) is 2.76. The molecule has 4 nitrogen and oxygen atoms in total. The molecule has 0 atom stereocenters. The van der Waals surface area contributed by atoms with Gasteiger partial charge < -0.3 is 9.84 Å². The first kappa shape index (κ1) is 11.7. The Morgan fingerprint density at radius 2 is 1.88 bits per heavy atom. The van der Waals surface area contributed by atoms with Gasteiger partial charge in [-0.05, 0) is 43.2 Å². The van der Waals surface area contributed by atoms with E-state index < -0.39 is 0 Å². The summed E-state index contributed by atoms with van der Waals surface area (Å²) in [5.74, 6) is 0.849. The normalized spacial score (nSPS) is 10.6. The molecule has 0 fully saturated rings. The second kappa shape index (κ2) is 4.59. The molecule has 90 valence electrons. The number of hydrogen-bond acceptors (Lipinski definition) is 3.